The quantitative estimate of drug-likeness (QED) is 0.651. The number of para-hydroxylation sites is 1. The van der Waals surface area contributed by atoms with Crippen molar-refractivity contribution in [2.75, 3.05) is 18.1 Å². The van der Waals surface area contributed by atoms with E-state index in [4.69, 9.17) is 4.74 Å². The van der Waals surface area contributed by atoms with E-state index in [1.165, 1.54) is 0 Å². The number of ether oxygens (including phenoxy) is 1. The number of anilines is 1. The van der Waals surface area contributed by atoms with E-state index < -0.39 is 5.97 Å². The highest BCUT2D eigenvalue weighted by Crippen LogP contribution is 2.37. The molecule has 0 radical (unpaired) electrons. The molecule has 0 unspecified atom stereocenters. The van der Waals surface area contributed by atoms with Crippen LogP contribution in [0.15, 0.2) is 59.8 Å². The number of fused-ring (bicyclic) bond motifs is 2. The molecule has 0 spiro atoms. The van der Waals surface area contributed by atoms with Gasteiger partial charge in [-0.1, -0.05) is 25.1 Å². The largest absolute Gasteiger partial charge is 0.451 e. The number of amides is 1. The maximum atomic E-state index is 12.7. The van der Waals surface area contributed by atoms with Crippen molar-refractivity contribution in [2.24, 2.45) is 0 Å². The molecule has 0 saturated heterocycles. The lowest BCUT2D eigenvalue weighted by Gasteiger charge is -2.22. The summed E-state index contributed by atoms with van der Waals surface area (Å²) in [5.41, 5.74) is 1.72. The molecule has 2 aromatic heterocycles. The smallest absolute Gasteiger partial charge is 0.359 e. The summed E-state index contributed by atoms with van der Waals surface area (Å²) < 4.78 is 6.98. The van der Waals surface area contributed by atoms with E-state index >= 15 is 0 Å². The lowest BCUT2D eigenvalue weighted by Crippen LogP contribution is -2.35. The molecule has 0 saturated carbocycles. The van der Waals surface area contributed by atoms with E-state index in [1.807, 2.05) is 36.4 Å². The Balaban J connectivity index is 1.46. The van der Waals surface area contributed by atoms with Crippen molar-refractivity contribution in [3.63, 3.8) is 0 Å². The number of imidazole rings is 1. The van der Waals surface area contributed by atoms with E-state index in [0.29, 0.717) is 17.4 Å². The average Bonchev–Trinajstić information content (AvgIpc) is 3.04. The van der Waals surface area contributed by atoms with Gasteiger partial charge in [-0.25, -0.2) is 9.78 Å². The van der Waals surface area contributed by atoms with Gasteiger partial charge in [0.1, 0.15) is 5.65 Å². The zero-order valence-corrected chi connectivity index (χ0v) is 15.7. The zero-order chi connectivity index (χ0) is 18.8. The van der Waals surface area contributed by atoms with Gasteiger partial charge >= 0.3 is 5.97 Å². The first-order valence-electron chi connectivity index (χ1n) is 8.79. The first kappa shape index (κ1) is 17.6. The van der Waals surface area contributed by atoms with Gasteiger partial charge < -0.3 is 14.0 Å². The van der Waals surface area contributed by atoms with Crippen LogP contribution in [0.2, 0.25) is 0 Å². The molecule has 4 rings (SSSR count). The molecular formula is C20H19N3O3S. The van der Waals surface area contributed by atoms with Crippen molar-refractivity contribution in [1.29, 1.82) is 0 Å². The first-order valence-corrected chi connectivity index (χ1v) is 9.67. The summed E-state index contributed by atoms with van der Waals surface area (Å²) in [6.45, 7) is 2.45. The van der Waals surface area contributed by atoms with Crippen LogP contribution in [0.5, 0.6) is 0 Å². The molecule has 3 aromatic rings. The maximum Gasteiger partial charge on any atom is 0.359 e. The molecule has 7 heteroatoms. The van der Waals surface area contributed by atoms with E-state index in [9.17, 15) is 9.59 Å². The van der Waals surface area contributed by atoms with Crippen LogP contribution in [0, 0.1) is 0 Å². The van der Waals surface area contributed by atoms with Gasteiger partial charge in [0.15, 0.2) is 12.3 Å². The van der Waals surface area contributed by atoms with Crippen LogP contribution in [0.4, 0.5) is 5.69 Å². The number of nitrogens with zero attached hydrogens (tertiary/aromatic N) is 3. The third kappa shape index (κ3) is 3.68. The molecule has 3 heterocycles. The number of carbonyl (C=O) groups is 2. The van der Waals surface area contributed by atoms with Gasteiger partial charge in [0.2, 0.25) is 0 Å². The van der Waals surface area contributed by atoms with Crippen LogP contribution in [0.25, 0.3) is 5.65 Å². The van der Waals surface area contributed by atoms with Crippen molar-refractivity contribution >= 4 is 35.0 Å². The highest BCUT2D eigenvalue weighted by Gasteiger charge is 2.25. The molecular weight excluding hydrogens is 362 g/mol. The van der Waals surface area contributed by atoms with E-state index in [2.05, 4.69) is 11.9 Å². The summed E-state index contributed by atoms with van der Waals surface area (Å²) in [4.78, 5) is 32.0. The molecule has 27 heavy (non-hydrogen) atoms. The van der Waals surface area contributed by atoms with Crippen LogP contribution in [0.1, 0.15) is 23.8 Å². The monoisotopic (exact) mass is 381 g/mol. The summed E-state index contributed by atoms with van der Waals surface area (Å²) in [7, 11) is 0. The Morgan fingerprint density at radius 3 is 2.89 bits per heavy atom. The van der Waals surface area contributed by atoms with Crippen molar-refractivity contribution < 1.29 is 14.3 Å². The molecule has 1 aliphatic rings. The Hall–Kier alpha value is -2.80. The Kier molecular flexibility index (Phi) is 4.85. The second kappa shape index (κ2) is 7.44. The number of rotatable bonds is 3. The molecule has 1 aliphatic heterocycles. The molecule has 138 valence electrons. The second-order valence-corrected chi connectivity index (χ2v) is 7.88. The highest BCUT2D eigenvalue weighted by atomic mass is 32.2. The third-order valence-corrected chi connectivity index (χ3v) is 5.68. The van der Waals surface area contributed by atoms with Crippen LogP contribution in [0.3, 0.4) is 0 Å². The summed E-state index contributed by atoms with van der Waals surface area (Å²) in [6, 6.07) is 13.3. The van der Waals surface area contributed by atoms with E-state index in [-0.39, 0.29) is 18.2 Å². The number of esters is 1. The Morgan fingerprint density at radius 1 is 1.22 bits per heavy atom. The van der Waals surface area contributed by atoms with Crippen LogP contribution >= 0.6 is 11.8 Å². The topological polar surface area (TPSA) is 63.9 Å². The number of hydrogen-bond acceptors (Lipinski definition) is 5. The predicted octanol–water partition coefficient (Wildman–Crippen LogP) is 3.41. The number of carbonyl (C=O) groups excluding carboxylic acids is 2. The van der Waals surface area contributed by atoms with Crippen LogP contribution < -0.4 is 4.90 Å². The van der Waals surface area contributed by atoms with Crippen LogP contribution in [-0.2, 0) is 9.53 Å². The fourth-order valence-corrected chi connectivity index (χ4v) is 4.17. The minimum Gasteiger partial charge on any atom is -0.451 e. The molecule has 0 fully saturated rings. The highest BCUT2D eigenvalue weighted by molar-refractivity contribution is 8.00. The lowest BCUT2D eigenvalue weighted by atomic mass is 10.2. The molecule has 1 amide bonds. The van der Waals surface area contributed by atoms with E-state index in [1.54, 1.807) is 39.5 Å². The molecule has 1 aromatic carbocycles. The average molecular weight is 381 g/mol. The standard InChI is InChI=1S/C20H19N3O3S/c1-14-9-11-23(16-6-2-3-7-17(16)27-14)19(24)13-26-20(25)15-12-22-10-5-4-8-18(22)21-15/h2-8,10,12,14H,9,11,13H2,1H3/t14-/m0/s1. The second-order valence-electron chi connectivity index (χ2n) is 6.40. The molecule has 0 N–H and O–H groups in total. The van der Waals surface area contributed by atoms with Crippen molar-refractivity contribution in [3.8, 4) is 0 Å². The summed E-state index contributed by atoms with van der Waals surface area (Å²) in [5, 5.41) is 0.421. The van der Waals surface area contributed by atoms with Gasteiger partial charge in [-0.2, -0.15) is 0 Å². The predicted molar refractivity (Wildman–Crippen MR) is 104 cm³/mol. The molecule has 6 nitrogen and oxygen atoms in total. The number of hydrogen-bond donors (Lipinski definition) is 0. The zero-order valence-electron chi connectivity index (χ0n) is 14.9. The van der Waals surface area contributed by atoms with Gasteiger partial charge in [0.05, 0.1) is 5.69 Å². The van der Waals surface area contributed by atoms with E-state index in [0.717, 1.165) is 17.0 Å². The van der Waals surface area contributed by atoms with Gasteiger partial charge in [-0.3, -0.25) is 4.79 Å². The normalized spacial score (nSPS) is 16.6. The summed E-state index contributed by atoms with van der Waals surface area (Å²) in [5.74, 6) is -0.827. The first-order chi connectivity index (χ1) is 13.1. The van der Waals surface area contributed by atoms with Gasteiger partial charge in [0, 0.05) is 29.1 Å². The fraction of sp³-hybridized carbons (Fsp3) is 0.250. The third-order valence-electron chi connectivity index (χ3n) is 4.44. The lowest BCUT2D eigenvalue weighted by molar-refractivity contribution is -0.121. The number of aromatic nitrogens is 2. The number of benzene rings is 1. The minimum atomic E-state index is -0.599. The SMILES string of the molecule is C[C@H]1CCN(C(=O)COC(=O)c2cn3ccccc3n2)c2ccccc2S1. The van der Waals surface area contributed by atoms with Crippen LogP contribution in [-0.4, -0.2) is 39.7 Å². The minimum absolute atomic E-state index is 0.189. The Morgan fingerprint density at radius 2 is 2.04 bits per heavy atom. The van der Waals surface area contributed by atoms with Crippen molar-refractivity contribution in [1.82, 2.24) is 9.38 Å². The molecule has 1 atom stereocenters. The maximum absolute atomic E-state index is 12.7. The fourth-order valence-electron chi connectivity index (χ4n) is 3.06. The Bertz CT molecular complexity index is 968. The van der Waals surface area contributed by atoms with Gasteiger partial charge in [-0.15, -0.1) is 11.8 Å². The molecule has 0 aliphatic carbocycles. The summed E-state index contributed by atoms with van der Waals surface area (Å²) >= 11 is 1.76. The molecule has 0 bridgehead atoms. The number of thioether (sulfide) groups is 1. The van der Waals surface area contributed by atoms with Gasteiger partial charge in [0.25, 0.3) is 5.91 Å². The summed E-state index contributed by atoms with van der Waals surface area (Å²) in [6.07, 6.45) is 4.28. The van der Waals surface area contributed by atoms with Crippen molar-refractivity contribution in [2.45, 2.75) is 23.5 Å². The van der Waals surface area contributed by atoms with Gasteiger partial charge in [-0.05, 0) is 30.7 Å². The van der Waals surface area contributed by atoms with Crippen molar-refractivity contribution in [3.05, 3.63) is 60.6 Å². The number of pyridine rings is 1. The Labute approximate surface area is 161 Å².